The van der Waals surface area contributed by atoms with Gasteiger partial charge in [0.25, 0.3) is 5.91 Å². The molecule has 1 aromatic heterocycles. The third-order valence-corrected chi connectivity index (χ3v) is 4.49. The zero-order chi connectivity index (χ0) is 13.2. The van der Waals surface area contributed by atoms with Gasteiger partial charge in [-0.1, -0.05) is 40.2 Å². The number of fused-ring (bicyclic) bond motifs is 1. The molecular weight excluding hydrogens is 304 g/mol. The number of amides is 1. The van der Waals surface area contributed by atoms with Gasteiger partial charge in [0.1, 0.15) is 5.69 Å². The molecule has 1 aliphatic rings. The average molecular weight is 319 g/mol. The zero-order valence-electron chi connectivity index (χ0n) is 10.5. The van der Waals surface area contributed by atoms with Crippen molar-refractivity contribution in [3.63, 3.8) is 0 Å². The van der Waals surface area contributed by atoms with Crippen LogP contribution >= 0.6 is 15.9 Å². The van der Waals surface area contributed by atoms with Crippen LogP contribution in [0.25, 0.3) is 10.9 Å². The van der Waals surface area contributed by atoms with Gasteiger partial charge in [0.2, 0.25) is 0 Å². The predicted molar refractivity (Wildman–Crippen MR) is 79.5 cm³/mol. The Morgan fingerprint density at radius 1 is 1.32 bits per heavy atom. The molecule has 0 saturated heterocycles. The van der Waals surface area contributed by atoms with Gasteiger partial charge in [0, 0.05) is 16.8 Å². The summed E-state index contributed by atoms with van der Waals surface area (Å²) in [5.41, 5.74) is 1.34. The topological polar surface area (TPSA) is 42.0 Å². The van der Waals surface area contributed by atoms with Gasteiger partial charge in [-0.2, -0.15) is 0 Å². The van der Waals surface area contributed by atoms with Crippen molar-refractivity contribution in [1.82, 2.24) is 10.3 Å². The number of carbonyl (C=O) groups is 1. The van der Waals surface area contributed by atoms with Crippen molar-refractivity contribution in [2.75, 3.05) is 6.54 Å². The summed E-state index contributed by atoms with van der Waals surface area (Å²) in [6.07, 6.45) is 2.53. The Morgan fingerprint density at radius 3 is 2.89 bits per heavy atom. The zero-order valence-corrected chi connectivity index (χ0v) is 12.1. The van der Waals surface area contributed by atoms with Crippen molar-refractivity contribution in [1.29, 1.82) is 0 Å². The minimum absolute atomic E-state index is 0.101. The van der Waals surface area contributed by atoms with E-state index in [2.05, 4.69) is 26.2 Å². The number of hydrogen-bond donors (Lipinski definition) is 1. The van der Waals surface area contributed by atoms with Crippen LogP contribution in [-0.4, -0.2) is 22.3 Å². The standard InChI is InChI=1S/C15H15BrN2O/c16-12(10-5-6-10)9-17-15(19)14-8-7-11-3-1-2-4-13(11)18-14/h1-4,7-8,10,12H,5-6,9H2,(H,17,19). The fourth-order valence-electron chi connectivity index (χ4n) is 2.10. The number of aromatic nitrogens is 1. The Morgan fingerprint density at radius 2 is 2.11 bits per heavy atom. The van der Waals surface area contributed by atoms with E-state index in [0.717, 1.165) is 16.8 Å². The van der Waals surface area contributed by atoms with Gasteiger partial charge in [-0.05, 0) is 30.9 Å². The fourth-order valence-corrected chi connectivity index (χ4v) is 2.79. The highest BCUT2D eigenvalue weighted by molar-refractivity contribution is 9.09. The Labute approximate surface area is 120 Å². The van der Waals surface area contributed by atoms with Crippen LogP contribution in [0.15, 0.2) is 36.4 Å². The molecule has 3 rings (SSSR count). The number of alkyl halides is 1. The molecule has 98 valence electrons. The van der Waals surface area contributed by atoms with Crippen molar-refractivity contribution in [2.24, 2.45) is 5.92 Å². The van der Waals surface area contributed by atoms with Crippen molar-refractivity contribution in [2.45, 2.75) is 17.7 Å². The molecule has 1 aliphatic carbocycles. The number of nitrogens with zero attached hydrogens (tertiary/aromatic N) is 1. The molecule has 0 spiro atoms. The maximum absolute atomic E-state index is 12.0. The maximum Gasteiger partial charge on any atom is 0.269 e. The summed E-state index contributed by atoms with van der Waals surface area (Å²) in [6.45, 7) is 0.665. The van der Waals surface area contributed by atoms with E-state index in [1.165, 1.54) is 12.8 Å². The van der Waals surface area contributed by atoms with Gasteiger partial charge in [-0.25, -0.2) is 4.98 Å². The molecule has 1 N–H and O–H groups in total. The Hall–Kier alpha value is -1.42. The summed E-state index contributed by atoms with van der Waals surface area (Å²) in [5.74, 6) is 0.626. The molecular formula is C15H15BrN2O. The first-order chi connectivity index (χ1) is 9.24. The Bertz CT molecular complexity index is 610. The molecule has 1 unspecified atom stereocenters. The van der Waals surface area contributed by atoms with E-state index in [-0.39, 0.29) is 5.91 Å². The molecule has 1 fully saturated rings. The second-order valence-electron chi connectivity index (χ2n) is 4.95. The van der Waals surface area contributed by atoms with Gasteiger partial charge < -0.3 is 5.32 Å². The number of carbonyl (C=O) groups excluding carboxylic acids is 1. The first kappa shape index (κ1) is 12.6. The van der Waals surface area contributed by atoms with E-state index in [1.54, 1.807) is 6.07 Å². The van der Waals surface area contributed by atoms with Crippen molar-refractivity contribution >= 4 is 32.7 Å². The van der Waals surface area contributed by atoms with E-state index in [9.17, 15) is 4.79 Å². The van der Waals surface area contributed by atoms with Gasteiger partial charge in [0.05, 0.1) is 5.52 Å². The van der Waals surface area contributed by atoms with E-state index < -0.39 is 0 Å². The summed E-state index contributed by atoms with van der Waals surface area (Å²) in [7, 11) is 0. The summed E-state index contributed by atoms with van der Waals surface area (Å²) >= 11 is 3.61. The lowest BCUT2D eigenvalue weighted by molar-refractivity contribution is 0.0949. The number of hydrogen-bond acceptors (Lipinski definition) is 2. The summed E-state index contributed by atoms with van der Waals surface area (Å²) in [5, 5.41) is 3.99. The Balaban J connectivity index is 1.70. The molecule has 1 atom stereocenters. The minimum atomic E-state index is -0.101. The van der Waals surface area contributed by atoms with Crippen LogP contribution in [0.3, 0.4) is 0 Å². The predicted octanol–water partition coefficient (Wildman–Crippen LogP) is 3.14. The molecule has 1 saturated carbocycles. The normalized spacial score (nSPS) is 16.3. The lowest BCUT2D eigenvalue weighted by atomic mass is 10.2. The smallest absolute Gasteiger partial charge is 0.269 e. The highest BCUT2D eigenvalue weighted by Gasteiger charge is 2.29. The second-order valence-corrected chi connectivity index (χ2v) is 6.13. The van der Waals surface area contributed by atoms with Crippen molar-refractivity contribution < 1.29 is 4.79 Å². The highest BCUT2D eigenvalue weighted by Crippen LogP contribution is 2.36. The van der Waals surface area contributed by atoms with Gasteiger partial charge in [-0.15, -0.1) is 0 Å². The van der Waals surface area contributed by atoms with Crippen LogP contribution in [0.2, 0.25) is 0 Å². The van der Waals surface area contributed by atoms with E-state index >= 15 is 0 Å². The van der Waals surface area contributed by atoms with Crippen LogP contribution < -0.4 is 5.32 Å². The van der Waals surface area contributed by atoms with Crippen LogP contribution in [0.4, 0.5) is 0 Å². The number of rotatable bonds is 4. The van der Waals surface area contributed by atoms with Crippen molar-refractivity contribution in [3.05, 3.63) is 42.1 Å². The molecule has 1 heterocycles. The fraction of sp³-hybridized carbons (Fsp3) is 0.333. The number of pyridine rings is 1. The van der Waals surface area contributed by atoms with Gasteiger partial charge >= 0.3 is 0 Å². The molecule has 1 amide bonds. The minimum Gasteiger partial charge on any atom is -0.350 e. The Kier molecular flexibility index (Phi) is 3.51. The van der Waals surface area contributed by atoms with Crippen molar-refractivity contribution in [3.8, 4) is 0 Å². The SMILES string of the molecule is O=C(NCC(Br)C1CC1)c1ccc2ccccc2n1. The quantitative estimate of drug-likeness (QED) is 0.880. The first-order valence-electron chi connectivity index (χ1n) is 6.52. The maximum atomic E-state index is 12.0. The van der Waals surface area contributed by atoms with Crippen LogP contribution in [0.5, 0.6) is 0 Å². The first-order valence-corrected chi connectivity index (χ1v) is 7.43. The van der Waals surface area contributed by atoms with E-state index in [0.29, 0.717) is 17.1 Å². The molecule has 0 bridgehead atoms. The van der Waals surface area contributed by atoms with E-state index in [4.69, 9.17) is 0 Å². The molecule has 19 heavy (non-hydrogen) atoms. The molecule has 1 aromatic carbocycles. The monoisotopic (exact) mass is 318 g/mol. The number of para-hydroxylation sites is 1. The van der Waals surface area contributed by atoms with Crippen LogP contribution in [0, 0.1) is 5.92 Å². The van der Waals surface area contributed by atoms with Gasteiger partial charge in [0.15, 0.2) is 0 Å². The second kappa shape index (κ2) is 5.29. The van der Waals surface area contributed by atoms with Crippen LogP contribution in [-0.2, 0) is 0 Å². The number of nitrogens with one attached hydrogen (secondary N) is 1. The molecule has 0 radical (unpaired) electrons. The molecule has 2 aromatic rings. The lowest BCUT2D eigenvalue weighted by Gasteiger charge is -2.09. The van der Waals surface area contributed by atoms with Crippen LogP contribution in [0.1, 0.15) is 23.3 Å². The molecule has 3 nitrogen and oxygen atoms in total. The molecule has 0 aliphatic heterocycles. The third-order valence-electron chi connectivity index (χ3n) is 3.42. The van der Waals surface area contributed by atoms with Gasteiger partial charge in [-0.3, -0.25) is 4.79 Å². The third kappa shape index (κ3) is 2.95. The summed E-state index contributed by atoms with van der Waals surface area (Å²) in [4.78, 5) is 16.8. The van der Waals surface area contributed by atoms with E-state index in [1.807, 2.05) is 30.3 Å². The number of halogens is 1. The largest absolute Gasteiger partial charge is 0.350 e. The lowest BCUT2D eigenvalue weighted by Crippen LogP contribution is -2.30. The number of benzene rings is 1. The molecule has 4 heteroatoms. The summed E-state index contributed by atoms with van der Waals surface area (Å²) in [6, 6.07) is 11.5. The average Bonchev–Trinajstić information content (AvgIpc) is 3.28. The summed E-state index contributed by atoms with van der Waals surface area (Å²) < 4.78 is 0. The highest BCUT2D eigenvalue weighted by atomic mass is 79.9.